The van der Waals surface area contributed by atoms with Crippen LogP contribution in [0.4, 0.5) is 5.69 Å². The van der Waals surface area contributed by atoms with Gasteiger partial charge in [0.2, 0.25) is 4.96 Å². The van der Waals surface area contributed by atoms with Crippen LogP contribution in [0.15, 0.2) is 18.2 Å². The first-order valence-electron chi connectivity index (χ1n) is 6.65. The summed E-state index contributed by atoms with van der Waals surface area (Å²) in [6, 6.07) is 5.22. The van der Waals surface area contributed by atoms with Crippen LogP contribution in [0.5, 0.6) is 5.75 Å². The van der Waals surface area contributed by atoms with Crippen molar-refractivity contribution in [3.05, 3.63) is 24.0 Å². The first-order valence-corrected chi connectivity index (χ1v) is 7.47. The van der Waals surface area contributed by atoms with Crippen molar-refractivity contribution in [1.29, 1.82) is 0 Å². The second kappa shape index (κ2) is 4.68. The number of nitrogens with two attached hydrogens (primary N) is 1. The van der Waals surface area contributed by atoms with Gasteiger partial charge in [-0.3, -0.25) is 0 Å². The third-order valence-corrected chi connectivity index (χ3v) is 4.46. The zero-order valence-corrected chi connectivity index (χ0v) is 11.9. The largest absolute Gasteiger partial charge is 0.505 e. The van der Waals surface area contributed by atoms with E-state index in [1.165, 1.54) is 11.3 Å². The summed E-state index contributed by atoms with van der Waals surface area (Å²) >= 11 is 1.36. The van der Waals surface area contributed by atoms with Gasteiger partial charge in [-0.05, 0) is 25.0 Å². The summed E-state index contributed by atoms with van der Waals surface area (Å²) in [6.07, 6.45) is 1.90. The number of nitrogen functional groups attached to an aromatic ring is 1. The maximum atomic E-state index is 10.1. The molecule has 0 aliphatic carbocycles. The van der Waals surface area contributed by atoms with E-state index in [2.05, 4.69) is 15.3 Å². The molecule has 1 atom stereocenters. The predicted octanol–water partition coefficient (Wildman–Crippen LogP) is 1.99. The molecular formula is C13H13N5O2S. The molecule has 3 aromatic rings. The van der Waals surface area contributed by atoms with E-state index in [-0.39, 0.29) is 11.9 Å². The standard InChI is InChI=1S/C13H13N5O2S/c14-8-4-1-3-7(10(8)19)12-17-18-11(9-5-2-6-20-9)15-16-13(18)21-12/h1,3-4,9,19H,2,5-6,14H2. The lowest BCUT2D eigenvalue weighted by molar-refractivity contribution is 0.103. The highest BCUT2D eigenvalue weighted by atomic mass is 32.1. The number of phenols is 1. The Hall–Kier alpha value is -2.19. The van der Waals surface area contributed by atoms with Gasteiger partial charge in [-0.1, -0.05) is 17.4 Å². The Kier molecular flexibility index (Phi) is 2.79. The average molecular weight is 303 g/mol. The Bertz CT molecular complexity index is 806. The van der Waals surface area contributed by atoms with Gasteiger partial charge in [-0.15, -0.1) is 10.2 Å². The number of hydrogen-bond donors (Lipinski definition) is 2. The molecule has 1 unspecified atom stereocenters. The zero-order valence-electron chi connectivity index (χ0n) is 11.1. The molecule has 1 aromatic carbocycles. The quantitative estimate of drug-likeness (QED) is 0.555. The van der Waals surface area contributed by atoms with Crippen LogP contribution >= 0.6 is 11.3 Å². The molecule has 7 nitrogen and oxygen atoms in total. The highest BCUT2D eigenvalue weighted by Crippen LogP contribution is 2.37. The Morgan fingerprint density at radius 1 is 1.38 bits per heavy atom. The molecule has 1 saturated heterocycles. The van der Waals surface area contributed by atoms with Gasteiger partial charge in [0, 0.05) is 6.61 Å². The topological polar surface area (TPSA) is 98.6 Å². The number of hydrogen-bond acceptors (Lipinski definition) is 7. The summed E-state index contributed by atoms with van der Waals surface area (Å²) in [7, 11) is 0. The van der Waals surface area contributed by atoms with Crippen molar-refractivity contribution >= 4 is 22.0 Å². The van der Waals surface area contributed by atoms with Gasteiger partial charge in [-0.2, -0.15) is 9.61 Å². The Labute approximate surface area is 124 Å². The van der Waals surface area contributed by atoms with Crippen LogP contribution in [0.3, 0.4) is 0 Å². The molecule has 0 radical (unpaired) electrons. The number of aromatic nitrogens is 4. The molecule has 1 aliphatic rings. The smallest absolute Gasteiger partial charge is 0.235 e. The predicted molar refractivity (Wildman–Crippen MR) is 78.1 cm³/mol. The summed E-state index contributed by atoms with van der Waals surface area (Å²) in [6.45, 7) is 0.743. The highest BCUT2D eigenvalue weighted by Gasteiger charge is 2.25. The van der Waals surface area contributed by atoms with Crippen molar-refractivity contribution in [1.82, 2.24) is 19.8 Å². The molecule has 108 valence electrons. The third kappa shape index (κ3) is 1.95. The summed E-state index contributed by atoms with van der Waals surface area (Å²) in [5.41, 5.74) is 6.66. The number of fused-ring (bicyclic) bond motifs is 1. The van der Waals surface area contributed by atoms with Gasteiger partial charge < -0.3 is 15.6 Å². The van der Waals surface area contributed by atoms with E-state index < -0.39 is 0 Å². The average Bonchev–Trinajstić information content (AvgIpc) is 3.16. The van der Waals surface area contributed by atoms with Crippen LogP contribution in [0.2, 0.25) is 0 Å². The van der Waals surface area contributed by atoms with E-state index in [1.807, 2.05) is 0 Å². The minimum Gasteiger partial charge on any atom is -0.505 e. The lowest BCUT2D eigenvalue weighted by atomic mass is 10.2. The summed E-state index contributed by atoms with van der Waals surface area (Å²) in [5.74, 6) is 0.759. The Balaban J connectivity index is 1.82. The fraction of sp³-hybridized carbons (Fsp3) is 0.308. The Morgan fingerprint density at radius 2 is 2.29 bits per heavy atom. The number of benzene rings is 1. The second-order valence-corrected chi connectivity index (χ2v) is 5.86. The van der Waals surface area contributed by atoms with Crippen molar-refractivity contribution in [3.8, 4) is 16.3 Å². The molecule has 3 heterocycles. The Morgan fingerprint density at radius 3 is 3.10 bits per heavy atom. The maximum Gasteiger partial charge on any atom is 0.235 e. The minimum absolute atomic E-state index is 0.0427. The molecule has 0 saturated carbocycles. The molecule has 21 heavy (non-hydrogen) atoms. The van der Waals surface area contributed by atoms with Crippen LogP contribution in [0.1, 0.15) is 24.8 Å². The van der Waals surface area contributed by atoms with Gasteiger partial charge >= 0.3 is 0 Å². The molecule has 3 N–H and O–H groups in total. The summed E-state index contributed by atoms with van der Waals surface area (Å²) in [5, 5.41) is 23.5. The van der Waals surface area contributed by atoms with Crippen molar-refractivity contribution in [2.75, 3.05) is 12.3 Å². The lowest BCUT2D eigenvalue weighted by Crippen LogP contribution is -2.03. The molecular weight excluding hydrogens is 290 g/mol. The first-order chi connectivity index (χ1) is 10.2. The fourth-order valence-electron chi connectivity index (χ4n) is 2.46. The zero-order chi connectivity index (χ0) is 14.4. The van der Waals surface area contributed by atoms with Crippen molar-refractivity contribution in [2.45, 2.75) is 18.9 Å². The number of anilines is 1. The normalized spacial score (nSPS) is 18.6. The van der Waals surface area contributed by atoms with E-state index >= 15 is 0 Å². The number of aromatic hydroxyl groups is 1. The van der Waals surface area contributed by atoms with Crippen molar-refractivity contribution in [2.24, 2.45) is 0 Å². The highest BCUT2D eigenvalue weighted by molar-refractivity contribution is 7.19. The number of nitrogens with zero attached hydrogens (tertiary/aromatic N) is 4. The molecule has 1 fully saturated rings. The van der Waals surface area contributed by atoms with Gasteiger partial charge in [-0.25, -0.2) is 0 Å². The SMILES string of the molecule is Nc1cccc(-c2nn3c(C4CCCO4)nnc3s2)c1O. The molecule has 0 spiro atoms. The van der Waals surface area contributed by atoms with E-state index in [4.69, 9.17) is 10.5 Å². The van der Waals surface area contributed by atoms with Gasteiger partial charge in [0.1, 0.15) is 11.9 Å². The second-order valence-electron chi connectivity index (χ2n) is 4.90. The van der Waals surface area contributed by atoms with E-state index in [0.29, 0.717) is 27.0 Å². The molecule has 2 aromatic heterocycles. The van der Waals surface area contributed by atoms with Gasteiger partial charge in [0.25, 0.3) is 0 Å². The monoisotopic (exact) mass is 303 g/mol. The van der Waals surface area contributed by atoms with Crippen LogP contribution < -0.4 is 5.73 Å². The third-order valence-electron chi connectivity index (χ3n) is 3.53. The van der Waals surface area contributed by atoms with E-state index in [1.54, 1.807) is 22.7 Å². The fourth-order valence-corrected chi connectivity index (χ4v) is 3.33. The molecule has 4 rings (SSSR count). The van der Waals surface area contributed by atoms with Crippen LogP contribution in [-0.2, 0) is 4.74 Å². The van der Waals surface area contributed by atoms with E-state index in [9.17, 15) is 5.11 Å². The van der Waals surface area contributed by atoms with Crippen LogP contribution in [-0.4, -0.2) is 31.5 Å². The van der Waals surface area contributed by atoms with Crippen molar-refractivity contribution in [3.63, 3.8) is 0 Å². The number of rotatable bonds is 2. The first kappa shape index (κ1) is 12.5. The number of ether oxygens (including phenoxy) is 1. The van der Waals surface area contributed by atoms with Crippen LogP contribution in [0.25, 0.3) is 15.5 Å². The van der Waals surface area contributed by atoms with Crippen LogP contribution in [0, 0.1) is 0 Å². The van der Waals surface area contributed by atoms with Gasteiger partial charge in [0.05, 0.1) is 11.3 Å². The summed E-state index contributed by atoms with van der Waals surface area (Å²) < 4.78 is 7.33. The van der Waals surface area contributed by atoms with Crippen molar-refractivity contribution < 1.29 is 9.84 Å². The number of para-hydroxylation sites is 1. The minimum atomic E-state index is -0.0515. The van der Waals surface area contributed by atoms with E-state index in [0.717, 1.165) is 19.4 Å². The van der Waals surface area contributed by atoms with Gasteiger partial charge in [0.15, 0.2) is 10.8 Å². The molecule has 0 bridgehead atoms. The molecule has 0 amide bonds. The number of phenolic OH excluding ortho intramolecular Hbond substituents is 1. The lowest BCUT2D eigenvalue weighted by Gasteiger charge is -2.05. The summed E-state index contributed by atoms with van der Waals surface area (Å²) in [4.78, 5) is 0.678. The maximum absolute atomic E-state index is 10.1. The molecule has 8 heteroatoms. The molecule has 1 aliphatic heterocycles.